The van der Waals surface area contributed by atoms with E-state index in [1.54, 1.807) is 0 Å². The van der Waals surface area contributed by atoms with Crippen molar-refractivity contribution in [1.29, 1.82) is 5.26 Å². The maximum atomic E-state index is 14.5. The quantitative estimate of drug-likeness (QED) is 0.662. The van der Waals surface area contributed by atoms with E-state index in [9.17, 15) is 9.83 Å². The molecule has 3 aromatic carbocycles. The Morgan fingerprint density at radius 3 is 2.16 bits per heavy atom. The maximum Gasteiger partial charge on any atom is 0.230 e. The van der Waals surface area contributed by atoms with Crippen molar-refractivity contribution in [2.75, 3.05) is 4.67 Å². The molecule has 0 N–H and O–H groups in total. The predicted molar refractivity (Wildman–Crippen MR) is 102 cm³/mol. The number of para-hydroxylation sites is 1. The Kier molecular flexibility index (Phi) is 3.92. The van der Waals surface area contributed by atoms with Crippen molar-refractivity contribution in [1.82, 2.24) is 0 Å². The topological polar surface area (TPSA) is 44.1 Å². The van der Waals surface area contributed by atoms with Gasteiger partial charge in [0.05, 0.1) is 18.5 Å². The normalized spacial score (nSPS) is 21.6. The fourth-order valence-corrected chi connectivity index (χ4v) is 6.84. The SMILES string of the molecule is N#CCC1c2ccccc2P(=O)(c2ccccc2)N1c1ccccc1. The van der Waals surface area contributed by atoms with E-state index in [1.165, 1.54) is 0 Å². The van der Waals surface area contributed by atoms with Gasteiger partial charge in [-0.25, -0.2) is 0 Å². The van der Waals surface area contributed by atoms with Gasteiger partial charge in [-0.05, 0) is 35.9 Å². The first-order valence-corrected chi connectivity index (χ1v) is 9.89. The molecular formula is C21H17N2OP. The van der Waals surface area contributed by atoms with Crippen LogP contribution in [0.1, 0.15) is 18.0 Å². The van der Waals surface area contributed by atoms with Crippen LogP contribution in [0.2, 0.25) is 0 Å². The molecule has 0 aliphatic carbocycles. The van der Waals surface area contributed by atoms with E-state index in [2.05, 4.69) is 6.07 Å². The molecule has 0 amide bonds. The van der Waals surface area contributed by atoms with Gasteiger partial charge in [0, 0.05) is 16.3 Å². The molecule has 0 saturated carbocycles. The van der Waals surface area contributed by atoms with E-state index in [1.807, 2.05) is 89.6 Å². The minimum absolute atomic E-state index is 0.213. The van der Waals surface area contributed by atoms with Crippen molar-refractivity contribution >= 4 is 23.6 Å². The molecule has 1 aliphatic heterocycles. The Morgan fingerprint density at radius 1 is 0.880 bits per heavy atom. The number of nitrogens with zero attached hydrogens (tertiary/aromatic N) is 2. The monoisotopic (exact) mass is 344 g/mol. The first-order valence-electron chi connectivity index (χ1n) is 8.23. The Morgan fingerprint density at radius 2 is 1.48 bits per heavy atom. The lowest BCUT2D eigenvalue weighted by atomic mass is 10.0. The van der Waals surface area contributed by atoms with Gasteiger partial charge in [0.1, 0.15) is 0 Å². The summed E-state index contributed by atoms with van der Waals surface area (Å²) >= 11 is 0. The van der Waals surface area contributed by atoms with E-state index in [0.29, 0.717) is 6.42 Å². The van der Waals surface area contributed by atoms with Crippen LogP contribution in [0.3, 0.4) is 0 Å². The minimum atomic E-state index is -3.05. The largest absolute Gasteiger partial charge is 0.307 e. The molecular weight excluding hydrogens is 327 g/mol. The molecule has 0 saturated heterocycles. The van der Waals surface area contributed by atoms with Gasteiger partial charge in [0.2, 0.25) is 7.29 Å². The molecule has 3 aromatic rings. The summed E-state index contributed by atoms with van der Waals surface area (Å²) in [7, 11) is -3.05. The Balaban J connectivity index is 2.02. The van der Waals surface area contributed by atoms with E-state index in [-0.39, 0.29) is 6.04 Å². The predicted octanol–water partition coefficient (Wildman–Crippen LogP) is 4.39. The highest BCUT2D eigenvalue weighted by molar-refractivity contribution is 7.80. The molecule has 25 heavy (non-hydrogen) atoms. The number of anilines is 1. The van der Waals surface area contributed by atoms with Gasteiger partial charge >= 0.3 is 0 Å². The van der Waals surface area contributed by atoms with Crippen LogP contribution in [0.25, 0.3) is 0 Å². The van der Waals surface area contributed by atoms with E-state index in [0.717, 1.165) is 21.9 Å². The van der Waals surface area contributed by atoms with Gasteiger partial charge in [-0.1, -0.05) is 54.6 Å². The first kappa shape index (κ1) is 15.7. The molecule has 2 atom stereocenters. The second-order valence-corrected chi connectivity index (χ2v) is 8.61. The third-order valence-corrected chi connectivity index (χ3v) is 7.81. The molecule has 0 radical (unpaired) electrons. The molecule has 2 unspecified atom stereocenters. The number of hydrogen-bond acceptors (Lipinski definition) is 2. The third-order valence-electron chi connectivity index (χ3n) is 4.63. The summed E-state index contributed by atoms with van der Waals surface area (Å²) in [5, 5.41) is 11.0. The zero-order valence-corrected chi connectivity index (χ0v) is 14.5. The van der Waals surface area contributed by atoms with Crippen molar-refractivity contribution in [3.8, 4) is 6.07 Å². The van der Waals surface area contributed by atoms with Crippen molar-refractivity contribution in [2.45, 2.75) is 12.5 Å². The van der Waals surface area contributed by atoms with Crippen LogP contribution in [-0.4, -0.2) is 0 Å². The highest BCUT2D eigenvalue weighted by Crippen LogP contribution is 2.60. The smallest absolute Gasteiger partial charge is 0.230 e. The van der Waals surface area contributed by atoms with Crippen LogP contribution < -0.4 is 15.3 Å². The summed E-state index contributed by atoms with van der Waals surface area (Å²) in [6.45, 7) is 0. The lowest BCUT2D eigenvalue weighted by Crippen LogP contribution is -2.26. The number of fused-ring (bicyclic) bond motifs is 1. The molecule has 1 aliphatic rings. The van der Waals surface area contributed by atoms with Crippen LogP contribution in [0, 0.1) is 11.3 Å². The lowest BCUT2D eigenvalue weighted by Gasteiger charge is -2.32. The molecule has 122 valence electrons. The van der Waals surface area contributed by atoms with Gasteiger partial charge in [-0.2, -0.15) is 5.26 Å². The second kappa shape index (κ2) is 6.24. The summed E-state index contributed by atoms with van der Waals surface area (Å²) < 4.78 is 16.4. The lowest BCUT2D eigenvalue weighted by molar-refractivity contribution is 0.581. The van der Waals surface area contributed by atoms with Crippen molar-refractivity contribution < 1.29 is 4.57 Å². The van der Waals surface area contributed by atoms with Crippen molar-refractivity contribution in [3.63, 3.8) is 0 Å². The molecule has 4 rings (SSSR count). The van der Waals surface area contributed by atoms with Crippen molar-refractivity contribution in [2.24, 2.45) is 0 Å². The van der Waals surface area contributed by atoms with Gasteiger partial charge in [-0.15, -0.1) is 0 Å². The molecule has 0 fully saturated rings. The highest BCUT2D eigenvalue weighted by Gasteiger charge is 2.47. The van der Waals surface area contributed by atoms with Crippen LogP contribution in [0.15, 0.2) is 84.9 Å². The summed E-state index contributed by atoms with van der Waals surface area (Å²) in [5.74, 6) is 0. The van der Waals surface area contributed by atoms with E-state index >= 15 is 0 Å². The molecule has 0 aromatic heterocycles. The number of rotatable bonds is 3. The van der Waals surface area contributed by atoms with Gasteiger partial charge in [0.15, 0.2) is 0 Å². The summed E-state index contributed by atoms with van der Waals surface area (Å²) in [6.07, 6.45) is 0.294. The average Bonchev–Trinajstić information content (AvgIpc) is 2.94. The van der Waals surface area contributed by atoms with E-state index < -0.39 is 7.29 Å². The highest BCUT2D eigenvalue weighted by atomic mass is 31.2. The summed E-state index contributed by atoms with van der Waals surface area (Å²) in [5.41, 5.74) is 1.87. The molecule has 0 spiro atoms. The van der Waals surface area contributed by atoms with Crippen LogP contribution in [-0.2, 0) is 4.57 Å². The fourth-order valence-electron chi connectivity index (χ4n) is 3.59. The summed E-state index contributed by atoms with van der Waals surface area (Å²) in [4.78, 5) is 0. The standard InChI is InChI=1S/C21H17N2OP/c22-16-15-20-19-13-7-8-14-21(19)25(24,18-11-5-2-6-12-18)23(20)17-9-3-1-4-10-17/h1-14,20H,15H2. The van der Waals surface area contributed by atoms with Gasteiger partial charge in [0.25, 0.3) is 0 Å². The molecule has 4 heteroatoms. The second-order valence-electron chi connectivity index (χ2n) is 6.03. The van der Waals surface area contributed by atoms with E-state index in [4.69, 9.17) is 0 Å². The number of nitriles is 1. The van der Waals surface area contributed by atoms with Crippen molar-refractivity contribution in [3.05, 3.63) is 90.5 Å². The van der Waals surface area contributed by atoms with Gasteiger partial charge < -0.3 is 4.67 Å². The molecule has 3 nitrogen and oxygen atoms in total. The van der Waals surface area contributed by atoms with Crippen LogP contribution >= 0.6 is 7.29 Å². The molecule has 0 bridgehead atoms. The Labute approximate surface area is 147 Å². The first-order chi connectivity index (χ1) is 12.3. The third kappa shape index (κ3) is 2.38. The van der Waals surface area contributed by atoms with Crippen LogP contribution in [0.4, 0.5) is 5.69 Å². The Hall–Kier alpha value is -2.82. The molecule has 1 heterocycles. The van der Waals surface area contributed by atoms with Crippen LogP contribution in [0.5, 0.6) is 0 Å². The fraction of sp³-hybridized carbons (Fsp3) is 0.0952. The number of benzene rings is 3. The maximum absolute atomic E-state index is 14.5. The minimum Gasteiger partial charge on any atom is -0.307 e. The van der Waals surface area contributed by atoms with Gasteiger partial charge in [-0.3, -0.25) is 4.57 Å². The average molecular weight is 344 g/mol. The zero-order valence-electron chi connectivity index (χ0n) is 13.6. The summed E-state index contributed by atoms with van der Waals surface area (Å²) in [6, 6.07) is 29.2. The zero-order chi connectivity index (χ0) is 17.3. The Bertz CT molecular complexity index is 980. The number of hydrogen-bond donors (Lipinski definition) is 0.